The Labute approximate surface area is 125 Å². The molecule has 2 N–H and O–H groups in total. The zero-order chi connectivity index (χ0) is 16.0. The highest BCUT2D eigenvalue weighted by atomic mass is 16.4. The number of rotatable bonds is 8. The summed E-state index contributed by atoms with van der Waals surface area (Å²) >= 11 is 0. The molecule has 1 aromatic carbocycles. The minimum absolute atomic E-state index is 0.0862. The van der Waals surface area contributed by atoms with Gasteiger partial charge >= 0.3 is 11.9 Å². The van der Waals surface area contributed by atoms with Gasteiger partial charge in [-0.1, -0.05) is 25.1 Å². The van der Waals surface area contributed by atoms with Crippen LogP contribution in [0.25, 0.3) is 0 Å². The molecule has 0 amide bonds. The summed E-state index contributed by atoms with van der Waals surface area (Å²) in [6.45, 7) is 6.55. The fourth-order valence-electron chi connectivity index (χ4n) is 2.43. The highest BCUT2D eigenvalue weighted by molar-refractivity contribution is 5.71. The molecule has 1 aromatic rings. The first-order valence-electron chi connectivity index (χ1n) is 7.08. The lowest BCUT2D eigenvalue weighted by Crippen LogP contribution is -2.34. The third kappa shape index (κ3) is 5.10. The normalized spacial score (nSPS) is 12.0. The van der Waals surface area contributed by atoms with Crippen LogP contribution in [0.15, 0.2) is 18.2 Å². The van der Waals surface area contributed by atoms with Crippen LogP contribution in [-0.4, -0.2) is 35.2 Å². The first-order chi connectivity index (χ1) is 9.82. The lowest BCUT2D eigenvalue weighted by atomic mass is 10.0. The van der Waals surface area contributed by atoms with Crippen molar-refractivity contribution in [3.8, 4) is 0 Å². The molecule has 0 aliphatic rings. The molecule has 0 saturated carbocycles. The summed E-state index contributed by atoms with van der Waals surface area (Å²) in [4.78, 5) is 23.8. The van der Waals surface area contributed by atoms with Gasteiger partial charge in [-0.2, -0.15) is 0 Å². The molecule has 5 nitrogen and oxygen atoms in total. The van der Waals surface area contributed by atoms with Crippen LogP contribution in [0.4, 0.5) is 5.69 Å². The van der Waals surface area contributed by atoms with Crippen LogP contribution in [0.1, 0.15) is 30.9 Å². The third-order valence-electron chi connectivity index (χ3n) is 3.49. The standard InChI is InChI=1S/C16H23NO4/c1-11-6-4-7-12(2)15(11)17(9-5-8-14(18)19)10-13(3)16(20)21/h4,6-7,13H,5,8-10H2,1-3H3,(H,18,19)(H,20,21). The quantitative estimate of drug-likeness (QED) is 0.770. The van der Waals surface area contributed by atoms with Crippen LogP contribution in [-0.2, 0) is 9.59 Å². The van der Waals surface area contributed by atoms with Crippen LogP contribution in [0.5, 0.6) is 0 Å². The molecule has 0 saturated heterocycles. The number of carboxylic acid groups (broad SMARTS) is 2. The second kappa shape index (κ2) is 7.67. The molecule has 21 heavy (non-hydrogen) atoms. The van der Waals surface area contributed by atoms with E-state index < -0.39 is 17.9 Å². The van der Waals surface area contributed by atoms with Crippen molar-refractivity contribution in [1.29, 1.82) is 0 Å². The second-order valence-electron chi connectivity index (χ2n) is 5.42. The average Bonchev–Trinajstić information content (AvgIpc) is 2.37. The van der Waals surface area contributed by atoms with E-state index in [2.05, 4.69) is 0 Å². The molecule has 0 aliphatic carbocycles. The molecule has 0 spiro atoms. The number of aliphatic carboxylic acids is 2. The number of anilines is 1. The summed E-state index contributed by atoms with van der Waals surface area (Å²) in [6.07, 6.45) is 0.582. The van der Waals surface area contributed by atoms with E-state index in [1.165, 1.54) is 0 Å². The zero-order valence-corrected chi connectivity index (χ0v) is 12.8. The molecule has 1 rings (SSSR count). The smallest absolute Gasteiger partial charge is 0.308 e. The molecule has 0 heterocycles. The molecule has 1 atom stereocenters. The van der Waals surface area contributed by atoms with Gasteiger partial charge in [0.2, 0.25) is 0 Å². The van der Waals surface area contributed by atoms with Crippen molar-refractivity contribution in [2.75, 3.05) is 18.0 Å². The Morgan fingerprint density at radius 2 is 1.76 bits per heavy atom. The Morgan fingerprint density at radius 3 is 2.24 bits per heavy atom. The maximum atomic E-state index is 11.1. The van der Waals surface area contributed by atoms with Crippen LogP contribution >= 0.6 is 0 Å². The number of nitrogens with zero attached hydrogens (tertiary/aromatic N) is 1. The molecule has 5 heteroatoms. The van der Waals surface area contributed by atoms with E-state index in [-0.39, 0.29) is 6.42 Å². The Kier molecular flexibility index (Phi) is 6.21. The fraction of sp³-hybridized carbons (Fsp3) is 0.500. The number of carbonyl (C=O) groups is 2. The molecular formula is C16H23NO4. The lowest BCUT2D eigenvalue weighted by Gasteiger charge is -2.29. The SMILES string of the molecule is Cc1cccc(C)c1N(CCCC(=O)O)CC(C)C(=O)O. The summed E-state index contributed by atoms with van der Waals surface area (Å²) in [6, 6.07) is 5.93. The number of hydrogen-bond acceptors (Lipinski definition) is 3. The lowest BCUT2D eigenvalue weighted by molar-refractivity contribution is -0.141. The second-order valence-corrected chi connectivity index (χ2v) is 5.42. The monoisotopic (exact) mass is 293 g/mol. The van der Waals surface area contributed by atoms with Gasteiger partial charge in [0.25, 0.3) is 0 Å². The summed E-state index contributed by atoms with van der Waals surface area (Å²) in [5.74, 6) is -2.18. The van der Waals surface area contributed by atoms with E-state index in [9.17, 15) is 9.59 Å². The maximum absolute atomic E-state index is 11.1. The van der Waals surface area contributed by atoms with E-state index >= 15 is 0 Å². The zero-order valence-electron chi connectivity index (χ0n) is 12.8. The number of para-hydroxylation sites is 1. The summed E-state index contributed by atoms with van der Waals surface area (Å²) in [5, 5.41) is 17.9. The largest absolute Gasteiger partial charge is 0.481 e. The Bertz CT molecular complexity index is 493. The van der Waals surface area contributed by atoms with E-state index in [0.717, 1.165) is 16.8 Å². The molecule has 0 bridgehead atoms. The van der Waals surface area contributed by atoms with Crippen LogP contribution in [0.2, 0.25) is 0 Å². The molecule has 116 valence electrons. The van der Waals surface area contributed by atoms with Gasteiger partial charge in [-0.05, 0) is 31.4 Å². The highest BCUT2D eigenvalue weighted by Gasteiger charge is 2.19. The van der Waals surface area contributed by atoms with Gasteiger partial charge in [-0.15, -0.1) is 0 Å². The van der Waals surface area contributed by atoms with Crippen molar-refractivity contribution in [2.24, 2.45) is 5.92 Å². The van der Waals surface area contributed by atoms with E-state index in [4.69, 9.17) is 10.2 Å². The predicted molar refractivity (Wildman–Crippen MR) is 81.8 cm³/mol. The van der Waals surface area contributed by atoms with E-state index in [0.29, 0.717) is 19.5 Å². The highest BCUT2D eigenvalue weighted by Crippen LogP contribution is 2.26. The topological polar surface area (TPSA) is 77.8 Å². The van der Waals surface area contributed by atoms with Gasteiger partial charge in [-0.3, -0.25) is 9.59 Å². The van der Waals surface area contributed by atoms with Crippen molar-refractivity contribution in [3.63, 3.8) is 0 Å². The van der Waals surface area contributed by atoms with Gasteiger partial charge in [-0.25, -0.2) is 0 Å². The Hall–Kier alpha value is -2.04. The Balaban J connectivity index is 2.94. The summed E-state index contributed by atoms with van der Waals surface area (Å²) in [7, 11) is 0. The maximum Gasteiger partial charge on any atom is 0.308 e. The Morgan fingerprint density at radius 1 is 1.19 bits per heavy atom. The van der Waals surface area contributed by atoms with Crippen LogP contribution in [0.3, 0.4) is 0 Å². The summed E-state index contributed by atoms with van der Waals surface area (Å²) in [5.41, 5.74) is 3.15. The molecular weight excluding hydrogens is 270 g/mol. The molecule has 1 unspecified atom stereocenters. The van der Waals surface area contributed by atoms with Crippen molar-refractivity contribution in [1.82, 2.24) is 0 Å². The van der Waals surface area contributed by atoms with Crippen LogP contribution in [0, 0.1) is 19.8 Å². The van der Waals surface area contributed by atoms with Crippen molar-refractivity contribution in [3.05, 3.63) is 29.3 Å². The number of hydrogen-bond donors (Lipinski definition) is 2. The number of aryl methyl sites for hydroxylation is 2. The van der Waals surface area contributed by atoms with E-state index in [1.54, 1.807) is 6.92 Å². The molecule has 0 radical (unpaired) electrons. The van der Waals surface area contributed by atoms with Gasteiger partial charge in [0.1, 0.15) is 0 Å². The molecule has 0 aliphatic heterocycles. The molecule has 0 aromatic heterocycles. The van der Waals surface area contributed by atoms with Gasteiger partial charge in [0.15, 0.2) is 0 Å². The first kappa shape index (κ1) is 17.0. The fourth-order valence-corrected chi connectivity index (χ4v) is 2.43. The number of carboxylic acids is 2. The minimum atomic E-state index is -0.843. The van der Waals surface area contributed by atoms with Crippen LogP contribution < -0.4 is 4.90 Å². The van der Waals surface area contributed by atoms with Gasteiger partial charge in [0.05, 0.1) is 5.92 Å². The third-order valence-corrected chi connectivity index (χ3v) is 3.49. The van der Waals surface area contributed by atoms with Gasteiger partial charge < -0.3 is 15.1 Å². The van der Waals surface area contributed by atoms with E-state index in [1.807, 2.05) is 36.9 Å². The van der Waals surface area contributed by atoms with Crippen molar-refractivity contribution >= 4 is 17.6 Å². The predicted octanol–water partition coefficient (Wildman–Crippen LogP) is 2.70. The van der Waals surface area contributed by atoms with Gasteiger partial charge in [0, 0.05) is 25.2 Å². The average molecular weight is 293 g/mol. The summed E-state index contributed by atoms with van der Waals surface area (Å²) < 4.78 is 0. The number of benzene rings is 1. The van der Waals surface area contributed by atoms with Crippen molar-refractivity contribution in [2.45, 2.75) is 33.6 Å². The molecule has 0 fully saturated rings. The van der Waals surface area contributed by atoms with Crippen molar-refractivity contribution < 1.29 is 19.8 Å². The minimum Gasteiger partial charge on any atom is -0.481 e. The first-order valence-corrected chi connectivity index (χ1v) is 7.08.